The fourth-order valence-corrected chi connectivity index (χ4v) is 2.56. The third-order valence-electron chi connectivity index (χ3n) is 3.46. The van der Waals surface area contributed by atoms with Gasteiger partial charge in [0.25, 0.3) is 0 Å². The number of hydrogen-bond donors (Lipinski definition) is 1. The number of benzene rings is 2. The molecule has 0 aliphatic carbocycles. The van der Waals surface area contributed by atoms with Crippen LogP contribution in [0.15, 0.2) is 30.3 Å². The molecule has 2 N–H and O–H groups in total. The number of aryl methyl sites for hydroxylation is 3. The minimum Gasteiger partial charge on any atom is -0.496 e. The van der Waals surface area contributed by atoms with Crippen molar-refractivity contribution in [3.05, 3.63) is 52.6 Å². The van der Waals surface area contributed by atoms with Crippen LogP contribution in [0.4, 0.5) is 0 Å². The van der Waals surface area contributed by atoms with Crippen molar-refractivity contribution < 1.29 is 4.74 Å². The Morgan fingerprint density at radius 2 is 1.63 bits per heavy atom. The molecule has 0 aliphatic rings. The zero-order valence-electron chi connectivity index (χ0n) is 12.1. The maximum absolute atomic E-state index is 5.85. The minimum atomic E-state index is 0.555. The van der Waals surface area contributed by atoms with Gasteiger partial charge in [-0.3, -0.25) is 0 Å². The molecule has 2 aromatic carbocycles. The zero-order chi connectivity index (χ0) is 14.0. The maximum atomic E-state index is 5.85. The molecular formula is C17H21NO. The number of rotatable bonds is 3. The molecule has 100 valence electrons. The normalized spacial score (nSPS) is 10.6. The molecule has 0 atom stereocenters. The number of methoxy groups -OCH3 is 1. The van der Waals surface area contributed by atoms with Crippen molar-refractivity contribution in [2.24, 2.45) is 5.73 Å². The largest absolute Gasteiger partial charge is 0.496 e. The lowest BCUT2D eigenvalue weighted by Crippen LogP contribution is -2.00. The maximum Gasteiger partial charge on any atom is 0.124 e. The van der Waals surface area contributed by atoms with Gasteiger partial charge in [0.05, 0.1) is 7.11 Å². The first-order valence-electron chi connectivity index (χ1n) is 6.52. The van der Waals surface area contributed by atoms with Crippen LogP contribution < -0.4 is 10.5 Å². The average Bonchev–Trinajstić information content (AvgIpc) is 2.38. The van der Waals surface area contributed by atoms with E-state index in [4.69, 9.17) is 10.5 Å². The first-order valence-corrected chi connectivity index (χ1v) is 6.52. The van der Waals surface area contributed by atoms with Crippen LogP contribution in [0.3, 0.4) is 0 Å². The van der Waals surface area contributed by atoms with Crippen molar-refractivity contribution in [1.29, 1.82) is 0 Å². The van der Waals surface area contributed by atoms with E-state index in [-0.39, 0.29) is 0 Å². The van der Waals surface area contributed by atoms with Gasteiger partial charge in [0.1, 0.15) is 5.75 Å². The Morgan fingerprint density at radius 1 is 1.00 bits per heavy atom. The van der Waals surface area contributed by atoms with Crippen molar-refractivity contribution in [2.45, 2.75) is 27.3 Å². The van der Waals surface area contributed by atoms with Crippen LogP contribution >= 0.6 is 0 Å². The highest BCUT2D eigenvalue weighted by Gasteiger charge is 2.09. The molecule has 0 saturated heterocycles. The second-order valence-corrected chi connectivity index (χ2v) is 5.01. The highest BCUT2D eigenvalue weighted by Crippen LogP contribution is 2.32. The predicted octanol–water partition coefficient (Wildman–Crippen LogP) is 3.75. The van der Waals surface area contributed by atoms with Crippen LogP contribution in [0.25, 0.3) is 11.1 Å². The van der Waals surface area contributed by atoms with Crippen LogP contribution in [0.5, 0.6) is 5.75 Å². The van der Waals surface area contributed by atoms with E-state index >= 15 is 0 Å². The zero-order valence-corrected chi connectivity index (χ0v) is 12.1. The van der Waals surface area contributed by atoms with Crippen LogP contribution in [0, 0.1) is 20.8 Å². The molecule has 2 heteroatoms. The average molecular weight is 255 g/mol. The van der Waals surface area contributed by atoms with Gasteiger partial charge in [0, 0.05) is 6.54 Å². The molecule has 0 aromatic heterocycles. The summed E-state index contributed by atoms with van der Waals surface area (Å²) in [5.74, 6) is 0.964. The van der Waals surface area contributed by atoms with Crippen LogP contribution in [0.2, 0.25) is 0 Å². The van der Waals surface area contributed by atoms with Gasteiger partial charge in [-0.15, -0.1) is 0 Å². The highest BCUT2D eigenvalue weighted by molar-refractivity contribution is 5.71. The highest BCUT2D eigenvalue weighted by atomic mass is 16.5. The topological polar surface area (TPSA) is 35.2 Å². The lowest BCUT2D eigenvalue weighted by Gasteiger charge is -2.14. The van der Waals surface area contributed by atoms with E-state index in [1.165, 1.54) is 22.3 Å². The lowest BCUT2D eigenvalue weighted by atomic mass is 9.94. The minimum absolute atomic E-state index is 0.555. The summed E-state index contributed by atoms with van der Waals surface area (Å²) < 4.78 is 5.42. The second-order valence-electron chi connectivity index (χ2n) is 5.01. The molecule has 0 radical (unpaired) electrons. The standard InChI is InChI=1S/C17H21NO/c1-11-5-6-14(10-18)16(7-11)15-8-12(2)17(19-4)13(3)9-15/h5-9H,10,18H2,1-4H3. The molecule has 0 spiro atoms. The smallest absolute Gasteiger partial charge is 0.124 e. The van der Waals surface area contributed by atoms with Gasteiger partial charge in [0.15, 0.2) is 0 Å². The Bertz CT molecular complexity index is 579. The van der Waals surface area contributed by atoms with E-state index < -0.39 is 0 Å². The van der Waals surface area contributed by atoms with E-state index in [2.05, 4.69) is 51.1 Å². The van der Waals surface area contributed by atoms with Crippen LogP contribution in [0.1, 0.15) is 22.3 Å². The quantitative estimate of drug-likeness (QED) is 0.906. The molecule has 2 nitrogen and oxygen atoms in total. The van der Waals surface area contributed by atoms with Gasteiger partial charge in [-0.05, 0) is 60.7 Å². The molecule has 0 saturated carbocycles. The SMILES string of the molecule is COc1c(C)cc(-c2cc(C)ccc2CN)cc1C. The van der Waals surface area contributed by atoms with Gasteiger partial charge in [-0.1, -0.05) is 23.8 Å². The number of nitrogens with two attached hydrogens (primary N) is 1. The fourth-order valence-electron chi connectivity index (χ4n) is 2.56. The second kappa shape index (κ2) is 5.45. The Morgan fingerprint density at radius 3 is 2.16 bits per heavy atom. The molecule has 2 rings (SSSR count). The van der Waals surface area contributed by atoms with Crippen molar-refractivity contribution in [3.8, 4) is 16.9 Å². The molecule has 0 bridgehead atoms. The van der Waals surface area contributed by atoms with Crippen molar-refractivity contribution >= 4 is 0 Å². The summed E-state index contributed by atoms with van der Waals surface area (Å²) in [5, 5.41) is 0. The molecule has 0 aliphatic heterocycles. The molecule has 0 heterocycles. The number of hydrogen-bond acceptors (Lipinski definition) is 2. The summed E-state index contributed by atoms with van der Waals surface area (Å²) in [7, 11) is 1.72. The number of ether oxygens (including phenoxy) is 1. The van der Waals surface area contributed by atoms with E-state index in [1.54, 1.807) is 7.11 Å². The van der Waals surface area contributed by atoms with Crippen molar-refractivity contribution in [1.82, 2.24) is 0 Å². The van der Waals surface area contributed by atoms with Crippen LogP contribution in [-0.2, 0) is 6.54 Å². The molecule has 19 heavy (non-hydrogen) atoms. The third kappa shape index (κ3) is 2.64. The Labute approximate surface area is 115 Å². The summed E-state index contributed by atoms with van der Waals surface area (Å²) in [5.41, 5.74) is 13.0. The summed E-state index contributed by atoms with van der Waals surface area (Å²) >= 11 is 0. The van der Waals surface area contributed by atoms with Crippen molar-refractivity contribution in [3.63, 3.8) is 0 Å². The van der Waals surface area contributed by atoms with E-state index in [1.807, 2.05) is 0 Å². The Kier molecular flexibility index (Phi) is 3.91. The summed E-state index contributed by atoms with van der Waals surface area (Å²) in [6, 6.07) is 10.7. The lowest BCUT2D eigenvalue weighted by molar-refractivity contribution is 0.408. The van der Waals surface area contributed by atoms with Gasteiger partial charge in [0.2, 0.25) is 0 Å². The van der Waals surface area contributed by atoms with Crippen molar-refractivity contribution in [2.75, 3.05) is 7.11 Å². The molecular weight excluding hydrogens is 234 g/mol. The third-order valence-corrected chi connectivity index (χ3v) is 3.46. The van der Waals surface area contributed by atoms with E-state index in [0.29, 0.717) is 6.54 Å². The fraction of sp³-hybridized carbons (Fsp3) is 0.294. The van der Waals surface area contributed by atoms with Gasteiger partial charge < -0.3 is 10.5 Å². The molecule has 0 fully saturated rings. The summed E-state index contributed by atoms with van der Waals surface area (Å²) in [6.07, 6.45) is 0. The summed E-state index contributed by atoms with van der Waals surface area (Å²) in [4.78, 5) is 0. The van der Waals surface area contributed by atoms with Gasteiger partial charge in [-0.25, -0.2) is 0 Å². The van der Waals surface area contributed by atoms with Gasteiger partial charge >= 0.3 is 0 Å². The monoisotopic (exact) mass is 255 g/mol. The van der Waals surface area contributed by atoms with E-state index in [9.17, 15) is 0 Å². The predicted molar refractivity (Wildman–Crippen MR) is 80.5 cm³/mol. The molecule has 0 amide bonds. The molecule has 2 aromatic rings. The Balaban J connectivity index is 2.62. The first-order chi connectivity index (χ1) is 9.06. The first kappa shape index (κ1) is 13.6. The van der Waals surface area contributed by atoms with Gasteiger partial charge in [-0.2, -0.15) is 0 Å². The Hall–Kier alpha value is -1.80. The van der Waals surface area contributed by atoms with E-state index in [0.717, 1.165) is 16.9 Å². The summed E-state index contributed by atoms with van der Waals surface area (Å²) in [6.45, 7) is 6.81. The molecule has 0 unspecified atom stereocenters. The van der Waals surface area contributed by atoms with Crippen LogP contribution in [-0.4, -0.2) is 7.11 Å².